The Kier molecular flexibility index (Phi) is 4.80. The van der Waals surface area contributed by atoms with E-state index in [2.05, 4.69) is 0 Å². The minimum absolute atomic E-state index is 0.0328. The maximum absolute atomic E-state index is 12.8. The third-order valence-corrected chi connectivity index (χ3v) is 6.24. The molecule has 0 atom stereocenters. The zero-order valence-corrected chi connectivity index (χ0v) is 14.6. The van der Waals surface area contributed by atoms with Crippen molar-refractivity contribution in [1.29, 1.82) is 0 Å². The highest BCUT2D eigenvalue weighted by Crippen LogP contribution is 2.32. The van der Waals surface area contributed by atoms with Gasteiger partial charge in [0.05, 0.1) is 11.3 Å². The molecule has 0 N–H and O–H groups in total. The smallest absolute Gasteiger partial charge is 0.336 e. The lowest BCUT2D eigenvalue weighted by molar-refractivity contribution is 0.0582. The molecule has 0 aromatic rings. The van der Waals surface area contributed by atoms with Gasteiger partial charge in [-0.15, -0.1) is 4.41 Å². The summed E-state index contributed by atoms with van der Waals surface area (Å²) in [6.45, 7) is 7.38. The van der Waals surface area contributed by atoms with Crippen molar-refractivity contribution in [3.05, 3.63) is 0 Å². The molecule has 2 amide bonds. The number of carbonyl (C=O) groups is 1. The number of hydrogen-bond acceptors (Lipinski definition) is 4. The first kappa shape index (κ1) is 17.6. The molecule has 0 bridgehead atoms. The molecule has 2 fully saturated rings. The van der Waals surface area contributed by atoms with E-state index in [-0.39, 0.29) is 17.8 Å². The molecule has 0 aliphatic carbocycles. The highest BCUT2D eigenvalue weighted by molar-refractivity contribution is 7.88. The molecule has 7 nitrogen and oxygen atoms in total. The number of hydrazine groups is 1. The Morgan fingerprint density at radius 1 is 1.32 bits per heavy atom. The lowest BCUT2D eigenvalue weighted by Crippen LogP contribution is -2.54. The van der Waals surface area contributed by atoms with Gasteiger partial charge in [0.25, 0.3) is 0 Å². The number of amides is 2. The average molecular weight is 328 g/mol. The van der Waals surface area contributed by atoms with E-state index in [0.29, 0.717) is 6.54 Å². The normalized spacial score (nSPS) is 24.5. The third-order valence-electron chi connectivity index (χ3n) is 4.55. The standard InChI is InChI=1S/C13H25BN4O3S/c1-5-22(20,21)15(4)18-12(19)17(10-13(18,2)3)11-6-8-16(14)9-7-11/h11H,5-10H2,1-4H3. The van der Waals surface area contributed by atoms with Gasteiger partial charge < -0.3 is 9.71 Å². The molecule has 124 valence electrons. The predicted molar refractivity (Wildman–Crippen MR) is 85.6 cm³/mol. The molecular weight excluding hydrogens is 303 g/mol. The summed E-state index contributed by atoms with van der Waals surface area (Å²) in [7, 11) is 3.75. The van der Waals surface area contributed by atoms with Crippen LogP contribution in [0.15, 0.2) is 0 Å². The van der Waals surface area contributed by atoms with Gasteiger partial charge in [0.15, 0.2) is 7.98 Å². The van der Waals surface area contributed by atoms with Crippen molar-refractivity contribution in [2.24, 2.45) is 0 Å². The molecule has 2 heterocycles. The van der Waals surface area contributed by atoms with Gasteiger partial charge in [-0.2, -0.15) is 0 Å². The summed E-state index contributed by atoms with van der Waals surface area (Å²) < 4.78 is 25.4. The highest BCUT2D eigenvalue weighted by Gasteiger charge is 2.50. The molecule has 0 saturated carbocycles. The van der Waals surface area contributed by atoms with Crippen molar-refractivity contribution in [2.45, 2.75) is 45.2 Å². The van der Waals surface area contributed by atoms with Crippen LogP contribution in [-0.2, 0) is 10.0 Å². The van der Waals surface area contributed by atoms with E-state index in [4.69, 9.17) is 7.98 Å². The molecule has 2 saturated heterocycles. The minimum Gasteiger partial charge on any atom is -0.353 e. The van der Waals surface area contributed by atoms with Gasteiger partial charge in [0, 0.05) is 19.6 Å². The lowest BCUT2D eigenvalue weighted by atomic mass is 9.99. The van der Waals surface area contributed by atoms with Crippen LogP contribution in [0.2, 0.25) is 0 Å². The Hall–Kier alpha value is -0.795. The fourth-order valence-corrected chi connectivity index (χ4v) is 4.14. The van der Waals surface area contributed by atoms with E-state index in [1.54, 1.807) is 16.6 Å². The molecule has 2 aliphatic heterocycles. The van der Waals surface area contributed by atoms with E-state index >= 15 is 0 Å². The number of piperidine rings is 1. The molecule has 0 aromatic heterocycles. The zero-order chi connectivity index (χ0) is 16.7. The van der Waals surface area contributed by atoms with Crippen LogP contribution in [0.5, 0.6) is 0 Å². The van der Waals surface area contributed by atoms with Crippen LogP contribution in [0.3, 0.4) is 0 Å². The molecule has 9 heteroatoms. The van der Waals surface area contributed by atoms with Crippen molar-refractivity contribution >= 4 is 24.0 Å². The van der Waals surface area contributed by atoms with Gasteiger partial charge in [-0.25, -0.2) is 18.2 Å². The Labute approximate surface area is 134 Å². The molecule has 0 aromatic carbocycles. The number of rotatable bonds is 4. The summed E-state index contributed by atoms with van der Waals surface area (Å²) >= 11 is 0. The van der Waals surface area contributed by atoms with Crippen LogP contribution in [-0.4, -0.2) is 85.6 Å². The molecule has 0 spiro atoms. The van der Waals surface area contributed by atoms with Gasteiger partial charge in [-0.05, 0) is 46.7 Å². The van der Waals surface area contributed by atoms with Crippen LogP contribution in [0.1, 0.15) is 33.6 Å². The second-order valence-corrected chi connectivity index (χ2v) is 8.91. The van der Waals surface area contributed by atoms with Crippen LogP contribution < -0.4 is 0 Å². The summed E-state index contributed by atoms with van der Waals surface area (Å²) in [4.78, 5) is 16.4. The second-order valence-electron chi connectivity index (χ2n) is 6.64. The first-order valence-corrected chi connectivity index (χ1v) is 9.28. The van der Waals surface area contributed by atoms with Crippen LogP contribution in [0.25, 0.3) is 0 Å². The van der Waals surface area contributed by atoms with Crippen LogP contribution in [0.4, 0.5) is 4.79 Å². The van der Waals surface area contributed by atoms with E-state index in [1.807, 2.05) is 13.8 Å². The topological polar surface area (TPSA) is 64.2 Å². The molecule has 2 radical (unpaired) electrons. The van der Waals surface area contributed by atoms with Gasteiger partial charge in [-0.3, -0.25) is 0 Å². The van der Waals surface area contributed by atoms with Crippen molar-refractivity contribution in [1.82, 2.24) is 19.1 Å². The monoisotopic (exact) mass is 328 g/mol. The summed E-state index contributed by atoms with van der Waals surface area (Å²) in [5, 5.41) is 1.38. The number of urea groups is 1. The fraction of sp³-hybridized carbons (Fsp3) is 0.923. The Morgan fingerprint density at radius 2 is 1.86 bits per heavy atom. The van der Waals surface area contributed by atoms with Crippen molar-refractivity contribution in [3.8, 4) is 0 Å². The summed E-state index contributed by atoms with van der Waals surface area (Å²) in [6, 6.07) is -0.116. The van der Waals surface area contributed by atoms with Crippen molar-refractivity contribution in [3.63, 3.8) is 0 Å². The Morgan fingerprint density at radius 3 is 2.36 bits per heavy atom. The lowest BCUT2D eigenvalue weighted by Gasteiger charge is -2.36. The van der Waals surface area contributed by atoms with Gasteiger partial charge in [-0.1, -0.05) is 0 Å². The second kappa shape index (κ2) is 6.01. The number of sulfonamides is 1. The summed E-state index contributed by atoms with van der Waals surface area (Å²) in [5.74, 6) is -0.0328. The van der Waals surface area contributed by atoms with Gasteiger partial charge in [0.1, 0.15) is 0 Å². The predicted octanol–water partition coefficient (Wildman–Crippen LogP) is 0.247. The van der Waals surface area contributed by atoms with Crippen molar-refractivity contribution < 1.29 is 13.2 Å². The molecular formula is C13H25BN4O3S. The van der Waals surface area contributed by atoms with Crippen LogP contribution in [0, 0.1) is 0 Å². The largest absolute Gasteiger partial charge is 0.353 e. The zero-order valence-electron chi connectivity index (χ0n) is 13.8. The summed E-state index contributed by atoms with van der Waals surface area (Å²) in [6.07, 6.45) is 1.63. The maximum atomic E-state index is 12.8. The van der Waals surface area contributed by atoms with Gasteiger partial charge in [0.2, 0.25) is 10.0 Å². The van der Waals surface area contributed by atoms with Crippen LogP contribution >= 0.6 is 0 Å². The minimum atomic E-state index is -3.46. The molecule has 0 unspecified atom stereocenters. The van der Waals surface area contributed by atoms with Gasteiger partial charge >= 0.3 is 6.03 Å². The van der Waals surface area contributed by atoms with Crippen molar-refractivity contribution in [2.75, 3.05) is 32.4 Å². The van der Waals surface area contributed by atoms with E-state index in [0.717, 1.165) is 30.3 Å². The summed E-state index contributed by atoms with van der Waals surface area (Å²) in [5.41, 5.74) is -0.562. The van der Waals surface area contributed by atoms with E-state index < -0.39 is 15.6 Å². The van der Waals surface area contributed by atoms with E-state index in [1.165, 1.54) is 12.1 Å². The fourth-order valence-electron chi connectivity index (χ4n) is 3.23. The highest BCUT2D eigenvalue weighted by atomic mass is 32.2. The first-order chi connectivity index (χ1) is 10.1. The molecule has 22 heavy (non-hydrogen) atoms. The molecule has 2 rings (SSSR count). The quantitative estimate of drug-likeness (QED) is 0.694. The maximum Gasteiger partial charge on any atom is 0.336 e. The first-order valence-electron chi connectivity index (χ1n) is 7.67. The Balaban J connectivity index is 2.21. The average Bonchev–Trinajstić information content (AvgIpc) is 2.69. The SMILES string of the molecule is [B]N1CCC(N2CC(C)(C)N(N(C)S(=O)(=O)CC)C2=O)CC1. The molecule has 2 aliphatic rings. The number of carbonyl (C=O) groups excluding carboxylic acids is 1. The Bertz CT molecular complexity index is 531. The number of hydrogen-bond donors (Lipinski definition) is 0. The third kappa shape index (κ3) is 3.11. The number of nitrogens with zero attached hydrogens (tertiary/aromatic N) is 4. The van der Waals surface area contributed by atoms with E-state index in [9.17, 15) is 13.2 Å².